The molecule has 0 spiro atoms. The van der Waals surface area contributed by atoms with Crippen LogP contribution < -0.4 is 4.90 Å². The van der Waals surface area contributed by atoms with Crippen molar-refractivity contribution in [1.82, 2.24) is 15.0 Å². The van der Waals surface area contributed by atoms with Gasteiger partial charge in [0.05, 0.1) is 28.5 Å². The first-order chi connectivity index (χ1) is 17.3. The van der Waals surface area contributed by atoms with Crippen molar-refractivity contribution in [2.75, 3.05) is 4.90 Å². The Morgan fingerprint density at radius 1 is 0.400 bits per heavy atom. The largest absolute Gasteiger partial charge is 0.310 e. The Morgan fingerprint density at radius 3 is 1.63 bits per heavy atom. The van der Waals surface area contributed by atoms with Crippen LogP contribution in [-0.4, -0.2) is 15.0 Å². The van der Waals surface area contributed by atoms with Crippen LogP contribution in [0.5, 0.6) is 0 Å². The molecule has 0 aliphatic carbocycles. The maximum Gasteiger partial charge on any atom is 0.0915 e. The van der Waals surface area contributed by atoms with Gasteiger partial charge in [-0.25, -0.2) is 4.98 Å². The second-order valence-electron chi connectivity index (χ2n) is 8.23. The maximum atomic E-state index is 4.94. The Hall–Kier alpha value is -4.83. The number of fused-ring (bicyclic) bond motifs is 1. The minimum Gasteiger partial charge on any atom is -0.310 e. The molecule has 35 heavy (non-hydrogen) atoms. The van der Waals surface area contributed by atoms with Crippen molar-refractivity contribution in [3.05, 3.63) is 134 Å². The highest BCUT2D eigenvalue weighted by atomic mass is 15.1. The summed E-state index contributed by atoms with van der Waals surface area (Å²) in [5.74, 6) is 0. The van der Waals surface area contributed by atoms with E-state index < -0.39 is 0 Å². The highest BCUT2D eigenvalue weighted by Gasteiger charge is 2.17. The fraction of sp³-hybridized carbons (Fsp3) is 0. The number of para-hydroxylation sites is 1. The number of hydrogen-bond acceptors (Lipinski definition) is 4. The Morgan fingerprint density at radius 2 is 1.00 bits per heavy atom. The first-order valence-corrected chi connectivity index (χ1v) is 11.5. The van der Waals surface area contributed by atoms with Crippen LogP contribution >= 0.6 is 0 Å². The van der Waals surface area contributed by atoms with Crippen molar-refractivity contribution in [2.24, 2.45) is 0 Å². The van der Waals surface area contributed by atoms with E-state index in [4.69, 9.17) is 4.98 Å². The number of pyridine rings is 3. The van der Waals surface area contributed by atoms with Gasteiger partial charge in [-0.05, 0) is 71.4 Å². The lowest BCUT2D eigenvalue weighted by Crippen LogP contribution is -2.11. The van der Waals surface area contributed by atoms with Gasteiger partial charge in [-0.15, -0.1) is 0 Å². The summed E-state index contributed by atoms with van der Waals surface area (Å²) in [6.45, 7) is 0. The van der Waals surface area contributed by atoms with E-state index in [0.29, 0.717) is 0 Å². The van der Waals surface area contributed by atoms with Crippen LogP contribution in [0, 0.1) is 0 Å². The number of benzene rings is 3. The first kappa shape index (κ1) is 20.8. The lowest BCUT2D eigenvalue weighted by atomic mass is 10.1. The zero-order valence-corrected chi connectivity index (χ0v) is 19.0. The molecular formula is C31H22N4. The molecule has 0 aliphatic heterocycles. The highest BCUT2D eigenvalue weighted by molar-refractivity contribution is 5.90. The van der Waals surface area contributed by atoms with Gasteiger partial charge in [0.15, 0.2) is 0 Å². The van der Waals surface area contributed by atoms with E-state index in [9.17, 15) is 0 Å². The fourth-order valence-electron chi connectivity index (χ4n) is 4.28. The predicted molar refractivity (Wildman–Crippen MR) is 143 cm³/mol. The summed E-state index contributed by atoms with van der Waals surface area (Å²) in [6.07, 6.45) is 3.59. The molecule has 3 heterocycles. The minimum absolute atomic E-state index is 0.797. The Bertz CT molecular complexity index is 1530. The van der Waals surface area contributed by atoms with Crippen molar-refractivity contribution in [1.29, 1.82) is 0 Å². The van der Waals surface area contributed by atoms with E-state index in [-0.39, 0.29) is 0 Å². The molecule has 0 amide bonds. The van der Waals surface area contributed by atoms with Crippen LogP contribution in [0.15, 0.2) is 134 Å². The van der Waals surface area contributed by atoms with Crippen molar-refractivity contribution in [3.8, 4) is 22.8 Å². The Labute approximate surface area is 204 Å². The van der Waals surface area contributed by atoms with Crippen LogP contribution in [0.1, 0.15) is 0 Å². The molecular weight excluding hydrogens is 428 g/mol. The van der Waals surface area contributed by atoms with Crippen molar-refractivity contribution in [2.45, 2.75) is 0 Å². The third-order valence-corrected chi connectivity index (χ3v) is 5.93. The number of nitrogens with zero attached hydrogens (tertiary/aromatic N) is 4. The molecule has 0 fully saturated rings. The molecule has 6 rings (SSSR count). The number of anilines is 3. The molecule has 0 saturated heterocycles. The zero-order chi connectivity index (χ0) is 23.5. The van der Waals surface area contributed by atoms with Crippen LogP contribution in [-0.2, 0) is 0 Å². The van der Waals surface area contributed by atoms with Gasteiger partial charge in [0.25, 0.3) is 0 Å². The van der Waals surface area contributed by atoms with Crippen LogP contribution in [0.25, 0.3) is 33.5 Å². The molecule has 0 saturated carbocycles. The average molecular weight is 451 g/mol. The second-order valence-corrected chi connectivity index (χ2v) is 8.23. The predicted octanol–water partition coefficient (Wildman–Crippen LogP) is 7.83. The molecule has 4 heteroatoms. The molecule has 6 aromatic rings. The second kappa shape index (κ2) is 9.20. The third-order valence-electron chi connectivity index (χ3n) is 5.93. The molecule has 3 aromatic heterocycles. The van der Waals surface area contributed by atoms with Gasteiger partial charge in [-0.3, -0.25) is 9.97 Å². The van der Waals surface area contributed by atoms with E-state index in [0.717, 1.165) is 39.8 Å². The summed E-state index contributed by atoms with van der Waals surface area (Å²) >= 11 is 0. The molecule has 0 radical (unpaired) electrons. The molecule has 4 nitrogen and oxygen atoms in total. The zero-order valence-electron chi connectivity index (χ0n) is 19.0. The molecule has 166 valence electrons. The number of aromatic nitrogens is 3. The lowest BCUT2D eigenvalue weighted by Gasteiger charge is -2.26. The molecule has 3 aromatic carbocycles. The highest BCUT2D eigenvalue weighted by Crippen LogP contribution is 2.38. The van der Waals surface area contributed by atoms with Gasteiger partial charge in [-0.2, -0.15) is 0 Å². The van der Waals surface area contributed by atoms with E-state index in [1.807, 2.05) is 42.5 Å². The van der Waals surface area contributed by atoms with Gasteiger partial charge < -0.3 is 4.90 Å². The van der Waals surface area contributed by atoms with Crippen LogP contribution in [0.3, 0.4) is 0 Å². The molecule has 0 N–H and O–H groups in total. The Kier molecular flexibility index (Phi) is 5.45. The van der Waals surface area contributed by atoms with Crippen LogP contribution in [0.4, 0.5) is 17.1 Å². The quantitative estimate of drug-likeness (QED) is 0.268. The first-order valence-electron chi connectivity index (χ1n) is 11.5. The summed E-state index contributed by atoms with van der Waals surface area (Å²) in [4.78, 5) is 16.3. The van der Waals surface area contributed by atoms with Crippen molar-refractivity contribution >= 4 is 27.8 Å². The topological polar surface area (TPSA) is 41.9 Å². The smallest absolute Gasteiger partial charge is 0.0915 e. The summed E-state index contributed by atoms with van der Waals surface area (Å²) in [6, 6.07) is 41.3. The van der Waals surface area contributed by atoms with Gasteiger partial charge >= 0.3 is 0 Å². The number of hydrogen-bond donors (Lipinski definition) is 0. The summed E-state index contributed by atoms with van der Waals surface area (Å²) in [5, 5.41) is 2.40. The van der Waals surface area contributed by atoms with Gasteiger partial charge in [0, 0.05) is 23.8 Å². The van der Waals surface area contributed by atoms with Crippen molar-refractivity contribution < 1.29 is 0 Å². The van der Waals surface area contributed by atoms with E-state index >= 15 is 0 Å². The number of rotatable bonds is 5. The monoisotopic (exact) mass is 450 g/mol. The van der Waals surface area contributed by atoms with Gasteiger partial charge in [0.1, 0.15) is 0 Å². The average Bonchev–Trinajstić information content (AvgIpc) is 2.94. The van der Waals surface area contributed by atoms with E-state index in [1.165, 1.54) is 10.8 Å². The Balaban J connectivity index is 1.59. The van der Waals surface area contributed by atoms with Crippen molar-refractivity contribution in [3.63, 3.8) is 0 Å². The normalized spacial score (nSPS) is 10.9. The summed E-state index contributed by atoms with van der Waals surface area (Å²) < 4.78 is 0. The summed E-state index contributed by atoms with van der Waals surface area (Å²) in [7, 11) is 0. The van der Waals surface area contributed by atoms with E-state index in [2.05, 4.69) is 93.7 Å². The minimum atomic E-state index is 0.797. The van der Waals surface area contributed by atoms with E-state index in [1.54, 1.807) is 12.4 Å². The van der Waals surface area contributed by atoms with Crippen LogP contribution in [0.2, 0.25) is 0 Å². The molecule has 0 atom stereocenters. The van der Waals surface area contributed by atoms with Gasteiger partial charge in [0.2, 0.25) is 0 Å². The van der Waals surface area contributed by atoms with Gasteiger partial charge in [-0.1, -0.05) is 60.7 Å². The molecule has 0 bridgehead atoms. The molecule has 0 aliphatic rings. The summed E-state index contributed by atoms with van der Waals surface area (Å²) in [5.41, 5.74) is 6.35. The lowest BCUT2D eigenvalue weighted by molar-refractivity contribution is 1.20. The SMILES string of the molecule is c1ccc(N(c2cc(-c3ccccn3)nc(-c3ccccn3)c2)c2ccc3ccccc3c2)cc1. The standard InChI is InChI=1S/C31H22N4/c1-2-12-25(13-3-1)35(26-17-16-23-10-4-5-11-24(23)20-26)27-21-30(28-14-6-8-18-32-28)34-31(22-27)29-15-7-9-19-33-29/h1-22H. The third kappa shape index (κ3) is 4.25. The fourth-order valence-corrected chi connectivity index (χ4v) is 4.28. The maximum absolute atomic E-state index is 4.94. The molecule has 0 unspecified atom stereocenters.